The normalized spacial score (nSPS) is 19.7. The van der Waals surface area contributed by atoms with Crippen molar-refractivity contribution in [3.05, 3.63) is 29.3 Å². The van der Waals surface area contributed by atoms with Crippen LogP contribution in [0.2, 0.25) is 0 Å². The van der Waals surface area contributed by atoms with Crippen LogP contribution >= 0.6 is 0 Å². The summed E-state index contributed by atoms with van der Waals surface area (Å²) in [7, 11) is 0. The predicted molar refractivity (Wildman–Crippen MR) is 57.2 cm³/mol. The highest BCUT2D eigenvalue weighted by atomic mass is 14.9. The fourth-order valence-corrected chi connectivity index (χ4v) is 2.05. The molecular formula is C12H17N. The topological polar surface area (TPSA) is 12.0 Å². The SMILES string of the molecule is CCCc1ccc2c(c1)CC(C)N2. The van der Waals surface area contributed by atoms with E-state index < -0.39 is 0 Å². The number of aryl methyl sites for hydroxylation is 1. The zero-order chi connectivity index (χ0) is 9.26. The summed E-state index contributed by atoms with van der Waals surface area (Å²) in [5, 5.41) is 3.47. The average molecular weight is 175 g/mol. The Morgan fingerprint density at radius 2 is 2.31 bits per heavy atom. The van der Waals surface area contributed by atoms with Crippen LogP contribution in [-0.4, -0.2) is 6.04 Å². The van der Waals surface area contributed by atoms with Crippen molar-refractivity contribution in [1.82, 2.24) is 0 Å². The Morgan fingerprint density at radius 1 is 1.46 bits per heavy atom. The van der Waals surface area contributed by atoms with E-state index in [9.17, 15) is 0 Å². The van der Waals surface area contributed by atoms with E-state index in [1.807, 2.05) is 0 Å². The minimum absolute atomic E-state index is 0.617. The Balaban J connectivity index is 2.24. The van der Waals surface area contributed by atoms with Gasteiger partial charge in [0, 0.05) is 11.7 Å². The van der Waals surface area contributed by atoms with Gasteiger partial charge >= 0.3 is 0 Å². The first kappa shape index (κ1) is 8.61. The molecule has 0 aromatic heterocycles. The van der Waals surface area contributed by atoms with E-state index in [1.54, 1.807) is 0 Å². The molecule has 2 rings (SSSR count). The zero-order valence-electron chi connectivity index (χ0n) is 8.43. The standard InChI is InChI=1S/C12H17N/c1-3-4-10-5-6-12-11(8-10)7-9(2)13-12/h5-6,8-9,13H,3-4,7H2,1-2H3. The van der Waals surface area contributed by atoms with Crippen molar-refractivity contribution < 1.29 is 0 Å². The van der Waals surface area contributed by atoms with Gasteiger partial charge in [-0.1, -0.05) is 25.5 Å². The number of benzene rings is 1. The molecule has 1 heterocycles. The lowest BCUT2D eigenvalue weighted by Crippen LogP contribution is -2.08. The molecule has 0 saturated carbocycles. The largest absolute Gasteiger partial charge is 0.382 e. The number of hydrogen-bond donors (Lipinski definition) is 1. The molecule has 1 atom stereocenters. The molecule has 0 bridgehead atoms. The summed E-state index contributed by atoms with van der Waals surface area (Å²) in [6.45, 7) is 4.47. The Kier molecular flexibility index (Phi) is 2.26. The van der Waals surface area contributed by atoms with Crippen molar-refractivity contribution in [2.24, 2.45) is 0 Å². The Labute approximate surface area is 80.2 Å². The number of hydrogen-bond acceptors (Lipinski definition) is 1. The molecular weight excluding hydrogens is 158 g/mol. The minimum Gasteiger partial charge on any atom is -0.382 e. The maximum absolute atomic E-state index is 3.47. The second kappa shape index (κ2) is 3.41. The van der Waals surface area contributed by atoms with Crippen LogP contribution in [-0.2, 0) is 12.8 Å². The molecule has 1 heteroatoms. The molecule has 1 aliphatic rings. The number of rotatable bonds is 2. The van der Waals surface area contributed by atoms with Crippen LogP contribution in [0.25, 0.3) is 0 Å². The maximum Gasteiger partial charge on any atom is 0.0375 e. The van der Waals surface area contributed by atoms with E-state index in [1.165, 1.54) is 36.1 Å². The van der Waals surface area contributed by atoms with Crippen LogP contribution in [0.5, 0.6) is 0 Å². The lowest BCUT2D eigenvalue weighted by molar-refractivity contribution is 0.837. The Morgan fingerprint density at radius 3 is 3.08 bits per heavy atom. The fraction of sp³-hybridized carbons (Fsp3) is 0.500. The highest BCUT2D eigenvalue weighted by Crippen LogP contribution is 2.26. The second-order valence-electron chi connectivity index (χ2n) is 3.99. The Hall–Kier alpha value is -0.980. The van der Waals surface area contributed by atoms with E-state index in [4.69, 9.17) is 0 Å². The molecule has 1 aromatic carbocycles. The smallest absolute Gasteiger partial charge is 0.0375 e. The molecule has 0 aliphatic carbocycles. The fourth-order valence-electron chi connectivity index (χ4n) is 2.05. The van der Waals surface area contributed by atoms with Gasteiger partial charge in [0.15, 0.2) is 0 Å². The summed E-state index contributed by atoms with van der Waals surface area (Å²) in [5.41, 5.74) is 4.32. The average Bonchev–Trinajstić information content (AvgIpc) is 2.44. The molecule has 13 heavy (non-hydrogen) atoms. The van der Waals surface area contributed by atoms with E-state index in [0.29, 0.717) is 6.04 Å². The van der Waals surface area contributed by atoms with Gasteiger partial charge in [-0.05, 0) is 37.0 Å². The summed E-state index contributed by atoms with van der Waals surface area (Å²) >= 11 is 0. The first-order valence-corrected chi connectivity index (χ1v) is 5.18. The van der Waals surface area contributed by atoms with Gasteiger partial charge in [-0.15, -0.1) is 0 Å². The molecule has 70 valence electrons. The van der Waals surface area contributed by atoms with Crippen LogP contribution in [0.15, 0.2) is 18.2 Å². The van der Waals surface area contributed by atoms with Crippen LogP contribution < -0.4 is 5.32 Å². The van der Waals surface area contributed by atoms with Gasteiger partial charge < -0.3 is 5.32 Å². The van der Waals surface area contributed by atoms with Crippen molar-refractivity contribution in [3.8, 4) is 0 Å². The highest BCUT2D eigenvalue weighted by molar-refractivity contribution is 5.57. The van der Waals surface area contributed by atoms with E-state index in [-0.39, 0.29) is 0 Å². The van der Waals surface area contributed by atoms with Gasteiger partial charge in [-0.25, -0.2) is 0 Å². The van der Waals surface area contributed by atoms with Crippen molar-refractivity contribution >= 4 is 5.69 Å². The third-order valence-electron chi connectivity index (χ3n) is 2.64. The van der Waals surface area contributed by atoms with Gasteiger partial charge in [0.1, 0.15) is 0 Å². The predicted octanol–water partition coefficient (Wildman–Crippen LogP) is 3.00. The maximum atomic E-state index is 3.47. The molecule has 1 N–H and O–H groups in total. The molecule has 0 fully saturated rings. The molecule has 1 unspecified atom stereocenters. The van der Waals surface area contributed by atoms with E-state index in [2.05, 4.69) is 37.4 Å². The summed E-state index contributed by atoms with van der Waals surface area (Å²) in [4.78, 5) is 0. The summed E-state index contributed by atoms with van der Waals surface area (Å²) in [5.74, 6) is 0. The molecule has 0 radical (unpaired) electrons. The number of nitrogens with one attached hydrogen (secondary N) is 1. The van der Waals surface area contributed by atoms with Crippen molar-refractivity contribution in [1.29, 1.82) is 0 Å². The van der Waals surface area contributed by atoms with Crippen molar-refractivity contribution in [3.63, 3.8) is 0 Å². The highest BCUT2D eigenvalue weighted by Gasteiger charge is 2.15. The molecule has 0 amide bonds. The third kappa shape index (κ3) is 1.69. The van der Waals surface area contributed by atoms with Gasteiger partial charge in [-0.2, -0.15) is 0 Å². The van der Waals surface area contributed by atoms with Crippen LogP contribution in [0.3, 0.4) is 0 Å². The van der Waals surface area contributed by atoms with Crippen molar-refractivity contribution in [2.75, 3.05) is 5.32 Å². The monoisotopic (exact) mass is 175 g/mol. The van der Waals surface area contributed by atoms with Gasteiger partial charge in [-0.3, -0.25) is 0 Å². The van der Waals surface area contributed by atoms with Crippen molar-refractivity contribution in [2.45, 2.75) is 39.2 Å². The van der Waals surface area contributed by atoms with Gasteiger partial charge in [0.2, 0.25) is 0 Å². The Bertz CT molecular complexity index is 304. The number of fused-ring (bicyclic) bond motifs is 1. The summed E-state index contributed by atoms with van der Waals surface area (Å²) < 4.78 is 0. The lowest BCUT2D eigenvalue weighted by Gasteiger charge is -2.03. The first-order chi connectivity index (χ1) is 6.29. The summed E-state index contributed by atoms with van der Waals surface area (Å²) in [6.07, 6.45) is 3.64. The quantitative estimate of drug-likeness (QED) is 0.728. The summed E-state index contributed by atoms with van der Waals surface area (Å²) in [6, 6.07) is 7.44. The molecule has 0 saturated heterocycles. The van der Waals surface area contributed by atoms with Crippen LogP contribution in [0.1, 0.15) is 31.4 Å². The van der Waals surface area contributed by atoms with E-state index >= 15 is 0 Å². The number of anilines is 1. The molecule has 1 nitrogen and oxygen atoms in total. The first-order valence-electron chi connectivity index (χ1n) is 5.18. The lowest BCUT2D eigenvalue weighted by atomic mass is 10.0. The second-order valence-corrected chi connectivity index (χ2v) is 3.99. The minimum atomic E-state index is 0.617. The van der Waals surface area contributed by atoms with E-state index in [0.717, 1.165) is 0 Å². The van der Waals surface area contributed by atoms with Crippen LogP contribution in [0.4, 0.5) is 5.69 Å². The van der Waals surface area contributed by atoms with Gasteiger partial charge in [0.25, 0.3) is 0 Å². The third-order valence-corrected chi connectivity index (χ3v) is 2.64. The zero-order valence-corrected chi connectivity index (χ0v) is 8.43. The van der Waals surface area contributed by atoms with Gasteiger partial charge in [0.05, 0.1) is 0 Å². The molecule has 1 aromatic rings. The molecule has 1 aliphatic heterocycles. The van der Waals surface area contributed by atoms with Crippen LogP contribution in [0, 0.1) is 0 Å². The molecule has 0 spiro atoms.